The number of nitrogens with zero attached hydrogens (tertiary/aromatic N) is 2. The van der Waals surface area contributed by atoms with E-state index in [1.54, 1.807) is 11.8 Å². The van der Waals surface area contributed by atoms with Crippen molar-refractivity contribution >= 4 is 28.6 Å². The molecule has 0 amide bonds. The number of carbonyl (C=O) groups excluding carboxylic acids is 1. The molecule has 6 heteroatoms. The van der Waals surface area contributed by atoms with Crippen LogP contribution in [0, 0.1) is 13.8 Å². The SMILES string of the molecule is CCOC(=O)c1c(C)[nH]c(C2=CSC3=N[C@H]4CCCC[C@H]4N23)c1C. The lowest BCUT2D eigenvalue weighted by molar-refractivity contribution is 0.0525. The average Bonchev–Trinajstić information content (AvgIpc) is 3.19. The predicted octanol–water partition coefficient (Wildman–Crippen LogP) is 3.84. The van der Waals surface area contributed by atoms with Gasteiger partial charge in [0.15, 0.2) is 5.17 Å². The number of fused-ring (bicyclic) bond motifs is 3. The molecule has 1 saturated carbocycles. The van der Waals surface area contributed by atoms with E-state index in [4.69, 9.17) is 9.73 Å². The topological polar surface area (TPSA) is 57.7 Å². The summed E-state index contributed by atoms with van der Waals surface area (Å²) in [5.74, 6) is -0.243. The highest BCUT2D eigenvalue weighted by Gasteiger charge is 2.43. The summed E-state index contributed by atoms with van der Waals surface area (Å²) in [5.41, 5.74) is 4.70. The molecule has 128 valence electrons. The van der Waals surface area contributed by atoms with E-state index in [1.807, 2.05) is 20.8 Å². The van der Waals surface area contributed by atoms with E-state index < -0.39 is 0 Å². The van der Waals surface area contributed by atoms with Crippen LogP contribution in [0.3, 0.4) is 0 Å². The first kappa shape index (κ1) is 15.8. The molecule has 1 aromatic rings. The van der Waals surface area contributed by atoms with Crippen LogP contribution in [0.25, 0.3) is 5.70 Å². The van der Waals surface area contributed by atoms with Gasteiger partial charge in [0.1, 0.15) is 0 Å². The van der Waals surface area contributed by atoms with Crippen LogP contribution in [0.15, 0.2) is 10.4 Å². The maximum atomic E-state index is 12.3. The van der Waals surface area contributed by atoms with Crippen LogP contribution in [-0.2, 0) is 4.74 Å². The second kappa shape index (κ2) is 5.99. The smallest absolute Gasteiger partial charge is 0.340 e. The van der Waals surface area contributed by atoms with E-state index in [0.29, 0.717) is 24.3 Å². The molecular weight excluding hydrogens is 322 g/mol. The van der Waals surface area contributed by atoms with Crippen molar-refractivity contribution < 1.29 is 9.53 Å². The van der Waals surface area contributed by atoms with Gasteiger partial charge in [0.25, 0.3) is 0 Å². The standard InChI is InChI=1S/C18H23N3O2S/c1-4-23-17(22)15-10(2)16(19-11(15)3)14-9-24-18-20-12-7-5-6-8-13(12)21(14)18/h9,12-13,19H,4-8H2,1-3H3/t12-,13+/m0/s1. The molecule has 24 heavy (non-hydrogen) atoms. The first-order chi connectivity index (χ1) is 11.6. The molecule has 0 radical (unpaired) electrons. The fourth-order valence-corrected chi connectivity index (χ4v) is 5.11. The summed E-state index contributed by atoms with van der Waals surface area (Å²) in [7, 11) is 0. The number of esters is 1. The van der Waals surface area contributed by atoms with Gasteiger partial charge in [0.2, 0.25) is 0 Å². The second-order valence-corrected chi connectivity index (χ2v) is 7.50. The minimum absolute atomic E-state index is 0.243. The average molecular weight is 345 g/mol. The zero-order valence-electron chi connectivity index (χ0n) is 14.4. The monoisotopic (exact) mass is 345 g/mol. The molecule has 0 bridgehead atoms. The molecular formula is C18H23N3O2S. The summed E-state index contributed by atoms with van der Waals surface area (Å²) in [4.78, 5) is 23.0. The Labute approximate surface area is 146 Å². The van der Waals surface area contributed by atoms with Crippen LogP contribution in [0.5, 0.6) is 0 Å². The number of aromatic nitrogens is 1. The first-order valence-electron chi connectivity index (χ1n) is 8.72. The summed E-state index contributed by atoms with van der Waals surface area (Å²) in [6.07, 6.45) is 4.94. The summed E-state index contributed by atoms with van der Waals surface area (Å²) in [6, 6.07) is 0.912. The number of aromatic amines is 1. The van der Waals surface area contributed by atoms with Crippen molar-refractivity contribution in [1.82, 2.24) is 9.88 Å². The third-order valence-electron chi connectivity index (χ3n) is 5.22. The van der Waals surface area contributed by atoms with Gasteiger partial charge >= 0.3 is 5.97 Å². The van der Waals surface area contributed by atoms with Crippen molar-refractivity contribution in [1.29, 1.82) is 0 Å². The molecule has 5 nitrogen and oxygen atoms in total. The molecule has 2 atom stereocenters. The van der Waals surface area contributed by atoms with Gasteiger partial charge in [0, 0.05) is 11.1 Å². The van der Waals surface area contributed by atoms with Crippen LogP contribution in [-0.4, -0.2) is 39.7 Å². The fourth-order valence-electron chi connectivity index (χ4n) is 4.12. The van der Waals surface area contributed by atoms with Gasteiger partial charge in [-0.2, -0.15) is 0 Å². The molecule has 0 unspecified atom stereocenters. The van der Waals surface area contributed by atoms with Crippen LogP contribution in [0.1, 0.15) is 59.9 Å². The number of aryl methyl sites for hydroxylation is 1. The van der Waals surface area contributed by atoms with Gasteiger partial charge in [-0.05, 0) is 39.2 Å². The van der Waals surface area contributed by atoms with E-state index in [9.17, 15) is 4.79 Å². The second-order valence-electron chi connectivity index (χ2n) is 6.67. The van der Waals surface area contributed by atoms with Crippen LogP contribution in [0.2, 0.25) is 0 Å². The third kappa shape index (κ3) is 2.31. The Morgan fingerprint density at radius 3 is 3.00 bits per heavy atom. The molecule has 1 fully saturated rings. The van der Waals surface area contributed by atoms with Crippen molar-refractivity contribution in [2.75, 3.05) is 6.61 Å². The molecule has 2 aliphatic heterocycles. The number of amidine groups is 1. The number of rotatable bonds is 3. The number of H-pyrrole nitrogens is 1. The minimum Gasteiger partial charge on any atom is -0.462 e. The fraction of sp³-hybridized carbons (Fsp3) is 0.556. The zero-order valence-corrected chi connectivity index (χ0v) is 15.2. The number of nitrogens with one attached hydrogen (secondary N) is 1. The Morgan fingerprint density at radius 2 is 2.21 bits per heavy atom. The Kier molecular flexibility index (Phi) is 3.95. The van der Waals surface area contributed by atoms with E-state index in [0.717, 1.165) is 27.8 Å². The predicted molar refractivity (Wildman–Crippen MR) is 97.1 cm³/mol. The molecule has 1 aliphatic carbocycles. The lowest BCUT2D eigenvalue weighted by Gasteiger charge is -2.31. The normalized spacial score (nSPS) is 25.2. The number of hydrogen-bond acceptors (Lipinski definition) is 5. The van der Waals surface area contributed by atoms with E-state index in [2.05, 4.69) is 15.3 Å². The number of thioether (sulfide) groups is 1. The van der Waals surface area contributed by atoms with Crippen LogP contribution < -0.4 is 0 Å². The number of ether oxygens (including phenoxy) is 1. The van der Waals surface area contributed by atoms with E-state index >= 15 is 0 Å². The van der Waals surface area contributed by atoms with Gasteiger partial charge in [0.05, 0.1) is 35.6 Å². The molecule has 0 spiro atoms. The molecule has 1 N–H and O–H groups in total. The maximum Gasteiger partial charge on any atom is 0.340 e. The van der Waals surface area contributed by atoms with Crippen molar-refractivity contribution in [3.05, 3.63) is 27.9 Å². The molecule has 1 aromatic heterocycles. The van der Waals surface area contributed by atoms with E-state index in [-0.39, 0.29) is 5.97 Å². The summed E-state index contributed by atoms with van der Waals surface area (Å²) < 4.78 is 5.22. The molecule has 0 saturated heterocycles. The maximum absolute atomic E-state index is 12.3. The number of aliphatic imine (C=N–C) groups is 1. The van der Waals surface area contributed by atoms with Gasteiger partial charge in [-0.15, -0.1) is 0 Å². The highest BCUT2D eigenvalue weighted by atomic mass is 32.2. The van der Waals surface area contributed by atoms with Gasteiger partial charge < -0.3 is 14.6 Å². The van der Waals surface area contributed by atoms with Gasteiger partial charge in [-0.25, -0.2) is 4.79 Å². The molecule has 4 rings (SSSR count). The van der Waals surface area contributed by atoms with Gasteiger partial charge in [-0.3, -0.25) is 4.99 Å². The summed E-state index contributed by atoms with van der Waals surface area (Å²) >= 11 is 1.70. The number of carbonyl (C=O) groups is 1. The lowest BCUT2D eigenvalue weighted by atomic mass is 9.90. The van der Waals surface area contributed by atoms with Crippen LogP contribution in [0.4, 0.5) is 0 Å². The molecule has 3 heterocycles. The van der Waals surface area contributed by atoms with Crippen molar-refractivity contribution in [3.8, 4) is 0 Å². The first-order valence-corrected chi connectivity index (χ1v) is 9.60. The van der Waals surface area contributed by atoms with Crippen molar-refractivity contribution in [2.45, 2.75) is 58.5 Å². The Balaban J connectivity index is 1.69. The lowest BCUT2D eigenvalue weighted by Crippen LogP contribution is -2.38. The Morgan fingerprint density at radius 1 is 1.42 bits per heavy atom. The van der Waals surface area contributed by atoms with Crippen molar-refractivity contribution in [3.63, 3.8) is 0 Å². The van der Waals surface area contributed by atoms with Crippen LogP contribution >= 0.6 is 11.8 Å². The minimum atomic E-state index is -0.243. The largest absolute Gasteiger partial charge is 0.462 e. The summed E-state index contributed by atoms with van der Waals surface area (Å²) in [5, 5.41) is 3.28. The zero-order chi connectivity index (χ0) is 16.8. The number of hydrogen-bond donors (Lipinski definition) is 1. The highest BCUT2D eigenvalue weighted by molar-refractivity contribution is 8.16. The quantitative estimate of drug-likeness (QED) is 0.846. The highest BCUT2D eigenvalue weighted by Crippen LogP contribution is 2.44. The Bertz CT molecular complexity index is 750. The Hall–Kier alpha value is -1.69. The molecule has 3 aliphatic rings. The van der Waals surface area contributed by atoms with E-state index in [1.165, 1.54) is 25.7 Å². The summed E-state index contributed by atoms with van der Waals surface area (Å²) in [6.45, 7) is 6.17. The van der Waals surface area contributed by atoms with Gasteiger partial charge in [-0.1, -0.05) is 24.6 Å². The third-order valence-corrected chi connectivity index (χ3v) is 6.07. The van der Waals surface area contributed by atoms with Crippen molar-refractivity contribution in [2.24, 2.45) is 4.99 Å². The molecule has 0 aromatic carbocycles.